The van der Waals surface area contributed by atoms with E-state index in [1.807, 2.05) is 56.3 Å². The number of amides is 1. The second-order valence-electron chi connectivity index (χ2n) is 6.49. The van der Waals surface area contributed by atoms with Gasteiger partial charge >= 0.3 is 0 Å². The van der Waals surface area contributed by atoms with E-state index >= 15 is 0 Å². The monoisotopic (exact) mass is 381 g/mol. The Morgan fingerprint density at radius 3 is 2.79 bits per heavy atom. The van der Waals surface area contributed by atoms with E-state index in [9.17, 15) is 4.79 Å². The summed E-state index contributed by atoms with van der Waals surface area (Å²) < 4.78 is 16.2. The fourth-order valence-corrected chi connectivity index (χ4v) is 2.69. The van der Waals surface area contributed by atoms with Crippen LogP contribution in [0.25, 0.3) is 11.4 Å². The molecule has 1 amide bonds. The third kappa shape index (κ3) is 4.68. The Morgan fingerprint density at radius 1 is 1.21 bits per heavy atom. The van der Waals surface area contributed by atoms with Gasteiger partial charge in [0.15, 0.2) is 6.10 Å². The van der Waals surface area contributed by atoms with Crippen LogP contribution in [0, 0.1) is 13.8 Å². The first-order valence-corrected chi connectivity index (χ1v) is 8.95. The molecule has 1 atom stereocenters. The molecule has 1 N–H and O–H groups in total. The van der Waals surface area contributed by atoms with Crippen LogP contribution in [0.4, 0.5) is 0 Å². The van der Waals surface area contributed by atoms with Crippen LogP contribution >= 0.6 is 0 Å². The number of nitrogens with one attached hydrogen (secondary N) is 1. The van der Waals surface area contributed by atoms with E-state index in [0.717, 1.165) is 16.7 Å². The van der Waals surface area contributed by atoms with Gasteiger partial charge in [0.1, 0.15) is 11.5 Å². The van der Waals surface area contributed by atoms with E-state index in [2.05, 4.69) is 15.5 Å². The van der Waals surface area contributed by atoms with E-state index in [1.165, 1.54) is 0 Å². The van der Waals surface area contributed by atoms with Crippen LogP contribution in [0.15, 0.2) is 47.0 Å². The number of carbonyl (C=O) groups excluding carboxylic acids is 1. The largest absolute Gasteiger partial charge is 0.497 e. The highest BCUT2D eigenvalue weighted by Crippen LogP contribution is 2.22. The number of ether oxygens (including phenoxy) is 2. The van der Waals surface area contributed by atoms with Crippen molar-refractivity contribution in [3.05, 3.63) is 59.5 Å². The zero-order valence-corrected chi connectivity index (χ0v) is 16.4. The summed E-state index contributed by atoms with van der Waals surface area (Å²) in [7, 11) is 1.59. The summed E-state index contributed by atoms with van der Waals surface area (Å²) in [5.74, 6) is 1.87. The molecule has 1 aromatic heterocycles. The van der Waals surface area contributed by atoms with Gasteiger partial charge in [0, 0.05) is 5.56 Å². The van der Waals surface area contributed by atoms with Crippen molar-refractivity contribution < 1.29 is 18.8 Å². The Kier molecular flexibility index (Phi) is 5.93. The van der Waals surface area contributed by atoms with Gasteiger partial charge in [-0.2, -0.15) is 4.98 Å². The predicted molar refractivity (Wildman–Crippen MR) is 104 cm³/mol. The molecule has 0 aliphatic rings. The summed E-state index contributed by atoms with van der Waals surface area (Å²) in [6.07, 6.45) is -0.651. The summed E-state index contributed by atoms with van der Waals surface area (Å²) in [6.45, 7) is 5.78. The second kappa shape index (κ2) is 8.56. The summed E-state index contributed by atoms with van der Waals surface area (Å²) in [4.78, 5) is 16.6. The molecule has 2 aromatic carbocycles. The first-order valence-electron chi connectivity index (χ1n) is 8.95. The second-order valence-corrected chi connectivity index (χ2v) is 6.49. The normalized spacial score (nSPS) is 11.7. The van der Waals surface area contributed by atoms with Crippen LogP contribution in [-0.4, -0.2) is 29.3 Å². The Morgan fingerprint density at radius 2 is 2.04 bits per heavy atom. The van der Waals surface area contributed by atoms with Crippen molar-refractivity contribution in [2.75, 3.05) is 7.11 Å². The molecule has 0 spiro atoms. The fraction of sp³-hybridized carbons (Fsp3) is 0.286. The number of carbonyl (C=O) groups is 1. The molecular weight excluding hydrogens is 358 g/mol. The minimum absolute atomic E-state index is 0.121. The van der Waals surface area contributed by atoms with Crippen molar-refractivity contribution in [3.63, 3.8) is 0 Å². The lowest BCUT2D eigenvalue weighted by Gasteiger charge is -2.16. The van der Waals surface area contributed by atoms with Crippen LogP contribution in [0.5, 0.6) is 11.5 Å². The van der Waals surface area contributed by atoms with Crippen LogP contribution in [0.1, 0.15) is 23.9 Å². The number of hydrogen-bond acceptors (Lipinski definition) is 6. The van der Waals surface area contributed by atoms with Gasteiger partial charge in [-0.05, 0) is 44.5 Å². The van der Waals surface area contributed by atoms with Gasteiger partial charge in [-0.25, -0.2) is 0 Å². The smallest absolute Gasteiger partial charge is 0.261 e. The number of methoxy groups -OCH3 is 1. The molecule has 7 heteroatoms. The molecule has 0 aliphatic carbocycles. The molecule has 0 fully saturated rings. The number of hydrogen-bond donors (Lipinski definition) is 1. The Bertz CT molecular complexity index is 968. The molecule has 0 saturated heterocycles. The SMILES string of the molecule is COc1cccc(-c2noc(CNC(=O)C(C)Oc3ccc(C)cc3C)n2)c1. The summed E-state index contributed by atoms with van der Waals surface area (Å²) in [5, 5.41) is 6.70. The van der Waals surface area contributed by atoms with E-state index in [1.54, 1.807) is 14.0 Å². The molecular formula is C21H23N3O4. The predicted octanol–water partition coefficient (Wildman–Crippen LogP) is 3.45. The highest BCUT2D eigenvalue weighted by atomic mass is 16.5. The lowest BCUT2D eigenvalue weighted by molar-refractivity contribution is -0.127. The zero-order chi connectivity index (χ0) is 20.1. The summed E-state index contributed by atoms with van der Waals surface area (Å²) in [5.41, 5.74) is 2.90. The maximum absolute atomic E-state index is 12.3. The average Bonchev–Trinajstić information content (AvgIpc) is 3.17. The van der Waals surface area contributed by atoms with Crippen LogP contribution in [0.3, 0.4) is 0 Å². The maximum atomic E-state index is 12.3. The highest BCUT2D eigenvalue weighted by Gasteiger charge is 2.17. The number of benzene rings is 2. The van der Waals surface area contributed by atoms with Gasteiger partial charge in [0.2, 0.25) is 11.7 Å². The van der Waals surface area contributed by atoms with Crippen molar-refractivity contribution in [1.82, 2.24) is 15.5 Å². The van der Waals surface area contributed by atoms with Gasteiger partial charge in [-0.15, -0.1) is 0 Å². The van der Waals surface area contributed by atoms with Gasteiger partial charge in [0.05, 0.1) is 13.7 Å². The van der Waals surface area contributed by atoms with E-state index in [4.69, 9.17) is 14.0 Å². The summed E-state index contributed by atoms with van der Waals surface area (Å²) in [6, 6.07) is 13.2. The molecule has 0 saturated carbocycles. The number of rotatable bonds is 7. The molecule has 3 rings (SSSR count). The minimum atomic E-state index is -0.651. The van der Waals surface area contributed by atoms with Crippen molar-refractivity contribution in [2.24, 2.45) is 0 Å². The molecule has 0 aliphatic heterocycles. The molecule has 28 heavy (non-hydrogen) atoms. The molecule has 1 unspecified atom stereocenters. The molecule has 0 radical (unpaired) electrons. The number of aromatic nitrogens is 2. The fourth-order valence-electron chi connectivity index (χ4n) is 2.69. The topological polar surface area (TPSA) is 86.5 Å². The molecule has 146 valence electrons. The molecule has 3 aromatic rings. The van der Waals surface area contributed by atoms with Crippen molar-refractivity contribution in [3.8, 4) is 22.9 Å². The van der Waals surface area contributed by atoms with E-state index in [-0.39, 0.29) is 12.5 Å². The number of nitrogens with zero attached hydrogens (tertiary/aromatic N) is 2. The third-order valence-electron chi connectivity index (χ3n) is 4.21. The molecule has 7 nitrogen and oxygen atoms in total. The molecule has 1 heterocycles. The van der Waals surface area contributed by atoms with Crippen molar-refractivity contribution in [2.45, 2.75) is 33.4 Å². The molecule has 0 bridgehead atoms. The van der Waals surface area contributed by atoms with Gasteiger partial charge in [-0.3, -0.25) is 4.79 Å². The first-order chi connectivity index (χ1) is 13.5. The van der Waals surface area contributed by atoms with E-state index in [0.29, 0.717) is 23.2 Å². The van der Waals surface area contributed by atoms with Crippen LogP contribution in [-0.2, 0) is 11.3 Å². The van der Waals surface area contributed by atoms with Crippen LogP contribution in [0.2, 0.25) is 0 Å². The maximum Gasteiger partial charge on any atom is 0.261 e. The lowest BCUT2D eigenvalue weighted by atomic mass is 10.1. The van der Waals surface area contributed by atoms with Gasteiger partial charge in [-0.1, -0.05) is 35.0 Å². The third-order valence-corrected chi connectivity index (χ3v) is 4.21. The van der Waals surface area contributed by atoms with Crippen LogP contribution < -0.4 is 14.8 Å². The lowest BCUT2D eigenvalue weighted by Crippen LogP contribution is -2.36. The van der Waals surface area contributed by atoms with Gasteiger partial charge in [0.25, 0.3) is 5.91 Å². The highest BCUT2D eigenvalue weighted by molar-refractivity contribution is 5.80. The Balaban J connectivity index is 1.57. The van der Waals surface area contributed by atoms with Gasteiger partial charge < -0.3 is 19.3 Å². The summed E-state index contributed by atoms with van der Waals surface area (Å²) >= 11 is 0. The van der Waals surface area contributed by atoms with E-state index < -0.39 is 6.10 Å². The Hall–Kier alpha value is -3.35. The standard InChI is InChI=1S/C21H23N3O4/c1-13-8-9-18(14(2)10-13)27-15(3)21(25)22-12-19-23-20(24-28-19)16-6-5-7-17(11-16)26-4/h5-11,15H,12H2,1-4H3,(H,22,25). The quantitative estimate of drug-likeness (QED) is 0.675. The number of aryl methyl sites for hydroxylation is 2. The minimum Gasteiger partial charge on any atom is -0.497 e. The van der Waals surface area contributed by atoms with Crippen molar-refractivity contribution in [1.29, 1.82) is 0 Å². The first kappa shape index (κ1) is 19.4. The average molecular weight is 381 g/mol. The van der Waals surface area contributed by atoms with Crippen molar-refractivity contribution >= 4 is 5.91 Å². The Labute approximate surface area is 163 Å². The zero-order valence-electron chi connectivity index (χ0n) is 16.4.